The van der Waals surface area contributed by atoms with Gasteiger partial charge in [0.2, 0.25) is 0 Å². The lowest BCUT2D eigenvalue weighted by Crippen LogP contribution is -2.36. The fourth-order valence-corrected chi connectivity index (χ4v) is 2.63. The van der Waals surface area contributed by atoms with Gasteiger partial charge in [-0.3, -0.25) is 0 Å². The molecule has 0 amide bonds. The van der Waals surface area contributed by atoms with Crippen LogP contribution in [-0.4, -0.2) is 30.5 Å². The topological polar surface area (TPSA) is 61.7 Å². The molecule has 5 heteroatoms. The predicted molar refractivity (Wildman–Crippen MR) is 84.2 cm³/mol. The van der Waals surface area contributed by atoms with Gasteiger partial charge >= 0.3 is 0 Å². The Bertz CT molecular complexity index is 425. The van der Waals surface area contributed by atoms with Gasteiger partial charge in [-0.2, -0.15) is 0 Å². The lowest BCUT2D eigenvalue weighted by molar-refractivity contribution is 0.113. The number of aliphatic hydroxyl groups excluding tert-OH is 1. The molecule has 0 unspecified atom stereocenters. The molecule has 0 radical (unpaired) electrons. The number of ether oxygens (including phenoxy) is 1. The van der Waals surface area contributed by atoms with Crippen molar-refractivity contribution in [3.8, 4) is 11.5 Å². The van der Waals surface area contributed by atoms with Crippen LogP contribution in [0.5, 0.6) is 11.5 Å². The van der Waals surface area contributed by atoms with Gasteiger partial charge in [0.15, 0.2) is 11.5 Å². The molecule has 0 aliphatic rings. The maximum atomic E-state index is 9.77. The van der Waals surface area contributed by atoms with E-state index in [2.05, 4.69) is 35.1 Å². The van der Waals surface area contributed by atoms with Crippen LogP contribution in [0.1, 0.15) is 32.3 Å². The maximum Gasteiger partial charge on any atom is 0.172 e. The quantitative estimate of drug-likeness (QED) is 0.677. The van der Waals surface area contributed by atoms with Gasteiger partial charge in [0.1, 0.15) is 0 Å². The Morgan fingerprint density at radius 2 is 1.95 bits per heavy atom. The summed E-state index contributed by atoms with van der Waals surface area (Å²) in [5.41, 5.74) is 0.962. The van der Waals surface area contributed by atoms with E-state index in [0.29, 0.717) is 16.8 Å². The Hall–Kier alpha value is -0.780. The van der Waals surface area contributed by atoms with Crippen LogP contribution in [0.25, 0.3) is 0 Å². The summed E-state index contributed by atoms with van der Waals surface area (Å²) in [5.74, 6) is 0.568. The van der Waals surface area contributed by atoms with E-state index in [4.69, 9.17) is 4.74 Å². The summed E-state index contributed by atoms with van der Waals surface area (Å²) >= 11 is 3.31. The Morgan fingerprint density at radius 3 is 2.45 bits per heavy atom. The molecule has 1 aromatic rings. The Labute approximate surface area is 129 Å². The van der Waals surface area contributed by atoms with Crippen molar-refractivity contribution in [3.63, 3.8) is 0 Å². The zero-order valence-corrected chi connectivity index (χ0v) is 14.0. The smallest absolute Gasteiger partial charge is 0.172 e. The first kappa shape index (κ1) is 17.3. The van der Waals surface area contributed by atoms with Crippen molar-refractivity contribution in [2.45, 2.75) is 33.2 Å². The summed E-state index contributed by atoms with van der Waals surface area (Å²) in [6.45, 7) is 5.81. The third-order valence-electron chi connectivity index (χ3n) is 3.97. The van der Waals surface area contributed by atoms with Gasteiger partial charge < -0.3 is 20.3 Å². The first-order chi connectivity index (χ1) is 9.51. The van der Waals surface area contributed by atoms with Crippen molar-refractivity contribution in [2.75, 3.05) is 20.3 Å². The largest absolute Gasteiger partial charge is 0.503 e. The number of methoxy groups -OCH3 is 1. The van der Waals surface area contributed by atoms with Gasteiger partial charge in [0, 0.05) is 25.1 Å². The van der Waals surface area contributed by atoms with E-state index in [1.807, 2.05) is 12.1 Å². The van der Waals surface area contributed by atoms with Crippen LogP contribution in [-0.2, 0) is 6.54 Å². The SMILES string of the molecule is CCC(CC)(CO)CNCc1cc(Br)c(O)c(OC)c1. The molecule has 0 heterocycles. The maximum absolute atomic E-state index is 9.77. The minimum absolute atomic E-state index is 0.0573. The van der Waals surface area contributed by atoms with Gasteiger partial charge in [0.25, 0.3) is 0 Å². The van der Waals surface area contributed by atoms with Crippen molar-refractivity contribution in [3.05, 3.63) is 22.2 Å². The molecule has 0 atom stereocenters. The van der Waals surface area contributed by atoms with Gasteiger partial charge in [0.05, 0.1) is 11.6 Å². The molecule has 0 aliphatic heterocycles. The summed E-state index contributed by atoms with van der Waals surface area (Å²) < 4.78 is 5.75. The number of aromatic hydroxyl groups is 1. The first-order valence-corrected chi connectivity index (χ1v) is 7.68. The number of nitrogens with one attached hydrogen (secondary N) is 1. The average molecular weight is 346 g/mol. The molecule has 0 spiro atoms. The van der Waals surface area contributed by atoms with Crippen LogP contribution < -0.4 is 10.1 Å². The molecule has 0 saturated carbocycles. The standard InChI is InChI=1S/C15H24BrNO3/c1-4-15(5-2,10-18)9-17-8-11-6-12(16)14(19)13(7-11)20-3/h6-7,17-19H,4-5,8-10H2,1-3H3. The van der Waals surface area contributed by atoms with Crippen LogP contribution in [0, 0.1) is 5.41 Å². The summed E-state index contributed by atoms with van der Waals surface area (Å²) in [7, 11) is 1.53. The molecule has 0 bridgehead atoms. The molecule has 0 aliphatic carbocycles. The summed E-state index contributed by atoms with van der Waals surface area (Å²) in [4.78, 5) is 0. The third-order valence-corrected chi connectivity index (χ3v) is 4.58. The van der Waals surface area contributed by atoms with Crippen LogP contribution in [0.15, 0.2) is 16.6 Å². The number of halogens is 1. The first-order valence-electron chi connectivity index (χ1n) is 6.88. The fraction of sp³-hybridized carbons (Fsp3) is 0.600. The molecule has 114 valence electrons. The normalized spacial score (nSPS) is 11.7. The van der Waals surface area contributed by atoms with E-state index >= 15 is 0 Å². The Kier molecular flexibility index (Phi) is 6.79. The van der Waals surface area contributed by atoms with E-state index in [0.717, 1.165) is 24.9 Å². The van der Waals surface area contributed by atoms with Gasteiger partial charge in [-0.15, -0.1) is 0 Å². The molecule has 20 heavy (non-hydrogen) atoms. The van der Waals surface area contributed by atoms with Gasteiger partial charge in [-0.1, -0.05) is 13.8 Å². The number of aliphatic hydroxyl groups is 1. The molecular weight excluding hydrogens is 322 g/mol. The van der Waals surface area contributed by atoms with Crippen molar-refractivity contribution in [2.24, 2.45) is 5.41 Å². The van der Waals surface area contributed by atoms with Crippen LogP contribution in [0.4, 0.5) is 0 Å². The summed E-state index contributed by atoms with van der Waals surface area (Å²) in [5, 5.41) is 22.7. The molecular formula is C15H24BrNO3. The number of hydrogen-bond donors (Lipinski definition) is 3. The minimum atomic E-state index is -0.0573. The molecule has 0 fully saturated rings. The van der Waals surface area contributed by atoms with E-state index in [1.165, 1.54) is 7.11 Å². The van der Waals surface area contributed by atoms with Crippen LogP contribution in [0.2, 0.25) is 0 Å². The third kappa shape index (κ3) is 4.11. The Balaban J connectivity index is 2.69. The van der Waals surface area contributed by atoms with Crippen LogP contribution in [0.3, 0.4) is 0 Å². The number of benzene rings is 1. The van der Waals surface area contributed by atoms with Crippen molar-refractivity contribution >= 4 is 15.9 Å². The highest BCUT2D eigenvalue weighted by molar-refractivity contribution is 9.10. The lowest BCUT2D eigenvalue weighted by atomic mass is 9.83. The summed E-state index contributed by atoms with van der Waals surface area (Å²) in [6, 6.07) is 3.68. The van der Waals surface area contributed by atoms with Gasteiger partial charge in [-0.25, -0.2) is 0 Å². The molecule has 4 nitrogen and oxygen atoms in total. The predicted octanol–water partition coefficient (Wildman–Crippen LogP) is 3.05. The molecule has 0 aromatic heterocycles. The molecule has 0 saturated heterocycles. The fourth-order valence-electron chi connectivity index (χ4n) is 2.14. The molecule has 1 rings (SSSR count). The molecule has 1 aromatic carbocycles. The van der Waals surface area contributed by atoms with E-state index in [9.17, 15) is 10.2 Å². The number of rotatable bonds is 8. The van der Waals surface area contributed by atoms with Crippen molar-refractivity contribution in [1.29, 1.82) is 0 Å². The van der Waals surface area contributed by atoms with Gasteiger partial charge in [-0.05, 0) is 46.5 Å². The lowest BCUT2D eigenvalue weighted by Gasteiger charge is -2.29. The van der Waals surface area contributed by atoms with Crippen LogP contribution >= 0.6 is 15.9 Å². The second kappa shape index (κ2) is 7.86. The number of phenols is 1. The number of hydrogen-bond acceptors (Lipinski definition) is 4. The zero-order valence-electron chi connectivity index (χ0n) is 12.4. The minimum Gasteiger partial charge on any atom is -0.503 e. The monoisotopic (exact) mass is 345 g/mol. The van der Waals surface area contributed by atoms with Crippen molar-refractivity contribution < 1.29 is 14.9 Å². The average Bonchev–Trinajstić information content (AvgIpc) is 2.47. The van der Waals surface area contributed by atoms with E-state index in [1.54, 1.807) is 0 Å². The summed E-state index contributed by atoms with van der Waals surface area (Å²) in [6.07, 6.45) is 1.88. The van der Waals surface area contributed by atoms with Crippen molar-refractivity contribution in [1.82, 2.24) is 5.32 Å². The van der Waals surface area contributed by atoms with E-state index in [-0.39, 0.29) is 17.8 Å². The second-order valence-electron chi connectivity index (χ2n) is 5.10. The Morgan fingerprint density at radius 1 is 1.30 bits per heavy atom. The zero-order chi connectivity index (χ0) is 15.2. The highest BCUT2D eigenvalue weighted by atomic mass is 79.9. The van der Waals surface area contributed by atoms with E-state index < -0.39 is 0 Å². The highest BCUT2D eigenvalue weighted by Gasteiger charge is 2.24. The highest BCUT2D eigenvalue weighted by Crippen LogP contribution is 2.35. The second-order valence-corrected chi connectivity index (χ2v) is 5.95. The molecule has 3 N–H and O–H groups in total. The number of phenolic OH excluding ortho intramolecular Hbond substituents is 1.